The van der Waals surface area contributed by atoms with Crippen molar-refractivity contribution in [1.82, 2.24) is 4.98 Å². The average Bonchev–Trinajstić information content (AvgIpc) is 2.15. The van der Waals surface area contributed by atoms with E-state index in [-0.39, 0.29) is 6.20 Å². The molecule has 16 heavy (non-hydrogen) atoms. The number of halogens is 6. The third-order valence-electron chi connectivity index (χ3n) is 1.80. The zero-order valence-electron chi connectivity index (χ0n) is 7.52. The fourth-order valence-corrected chi connectivity index (χ4v) is 1.38. The Morgan fingerprint density at radius 3 is 2.31 bits per heavy atom. The van der Waals surface area contributed by atoms with Crippen LogP contribution in [-0.2, 0) is 12.8 Å². The molecule has 0 aliphatic heterocycles. The molecule has 1 aromatic heterocycles. The highest BCUT2D eigenvalue weighted by atomic mass is 35.5. The molecule has 1 heterocycles. The number of rotatable bonds is 2. The largest absolute Gasteiger partial charge is 0.418 e. The van der Waals surface area contributed by atoms with Crippen molar-refractivity contribution < 1.29 is 27.1 Å². The van der Waals surface area contributed by atoms with Crippen molar-refractivity contribution in [2.24, 2.45) is 0 Å². The van der Waals surface area contributed by atoms with Crippen LogP contribution in [0.4, 0.5) is 22.0 Å². The second kappa shape index (κ2) is 4.50. The van der Waals surface area contributed by atoms with E-state index in [0.29, 0.717) is 0 Å². The van der Waals surface area contributed by atoms with Crippen LogP contribution < -0.4 is 0 Å². The highest BCUT2D eigenvalue weighted by molar-refractivity contribution is 6.32. The number of pyridine rings is 1. The summed E-state index contributed by atoms with van der Waals surface area (Å²) in [5.41, 5.74) is -3.36. The lowest BCUT2D eigenvalue weighted by molar-refractivity contribution is -0.139. The van der Waals surface area contributed by atoms with Gasteiger partial charge in [-0.15, -0.1) is 0 Å². The van der Waals surface area contributed by atoms with Crippen molar-refractivity contribution in [2.75, 3.05) is 0 Å². The van der Waals surface area contributed by atoms with E-state index in [1.807, 2.05) is 0 Å². The molecule has 1 N–H and O–H groups in total. The normalized spacial score (nSPS) is 12.2. The van der Waals surface area contributed by atoms with Gasteiger partial charge in [0.1, 0.15) is 0 Å². The summed E-state index contributed by atoms with van der Waals surface area (Å²) in [5, 5.41) is 7.79. The summed E-state index contributed by atoms with van der Waals surface area (Å²) in [5.74, 6) is 0. The van der Waals surface area contributed by atoms with Crippen LogP contribution >= 0.6 is 11.6 Å². The Balaban J connectivity index is 3.47. The molecule has 0 radical (unpaired) electrons. The molecule has 1 rings (SSSR count). The minimum atomic E-state index is -4.96. The van der Waals surface area contributed by atoms with Gasteiger partial charge in [-0.05, 0) is 0 Å². The standard InChI is InChI=1S/C8H5ClF5NO/c9-6-4(2-16)15-1-3(8(12,13)14)5(6)7(10)11/h1,7,16H,2H2. The minimum Gasteiger partial charge on any atom is -0.390 e. The summed E-state index contributed by atoms with van der Waals surface area (Å²) in [6, 6.07) is 0. The zero-order valence-corrected chi connectivity index (χ0v) is 8.28. The molecule has 2 nitrogen and oxygen atoms in total. The number of hydrogen-bond donors (Lipinski definition) is 1. The van der Waals surface area contributed by atoms with Crippen molar-refractivity contribution in [3.05, 3.63) is 28.0 Å². The number of hydrogen-bond acceptors (Lipinski definition) is 2. The van der Waals surface area contributed by atoms with Crippen LogP contribution in [0, 0.1) is 0 Å². The highest BCUT2D eigenvalue weighted by Crippen LogP contribution is 2.40. The van der Waals surface area contributed by atoms with Crippen LogP contribution in [0.3, 0.4) is 0 Å². The van der Waals surface area contributed by atoms with Crippen molar-refractivity contribution in [3.63, 3.8) is 0 Å². The molecular formula is C8H5ClF5NO. The van der Waals surface area contributed by atoms with E-state index in [9.17, 15) is 22.0 Å². The molecule has 0 aliphatic carbocycles. The summed E-state index contributed by atoms with van der Waals surface area (Å²) >= 11 is 5.31. The maximum absolute atomic E-state index is 12.4. The quantitative estimate of drug-likeness (QED) is 0.830. The van der Waals surface area contributed by atoms with Gasteiger partial charge in [0.2, 0.25) is 0 Å². The molecule has 0 fully saturated rings. The first kappa shape index (κ1) is 13.1. The van der Waals surface area contributed by atoms with Crippen LogP contribution in [-0.4, -0.2) is 10.1 Å². The molecule has 0 saturated heterocycles. The predicted octanol–water partition coefficient (Wildman–Crippen LogP) is 3.18. The molecule has 0 spiro atoms. The lowest BCUT2D eigenvalue weighted by atomic mass is 10.1. The Kier molecular flexibility index (Phi) is 3.69. The van der Waals surface area contributed by atoms with E-state index >= 15 is 0 Å². The topological polar surface area (TPSA) is 33.1 Å². The number of aliphatic hydroxyl groups is 1. The van der Waals surface area contributed by atoms with Gasteiger partial charge < -0.3 is 5.11 Å². The summed E-state index contributed by atoms with van der Waals surface area (Å²) in [4.78, 5) is 3.17. The van der Waals surface area contributed by atoms with Crippen LogP contribution in [0.15, 0.2) is 6.20 Å². The molecule has 0 atom stereocenters. The summed E-state index contributed by atoms with van der Waals surface area (Å²) < 4.78 is 61.9. The number of nitrogens with zero attached hydrogens (tertiary/aromatic N) is 1. The third kappa shape index (κ3) is 2.41. The minimum absolute atomic E-state index is 0.235. The smallest absolute Gasteiger partial charge is 0.390 e. The first-order valence-electron chi connectivity index (χ1n) is 3.92. The van der Waals surface area contributed by atoms with Crippen molar-refractivity contribution >= 4 is 11.6 Å². The first-order valence-corrected chi connectivity index (χ1v) is 4.30. The van der Waals surface area contributed by atoms with E-state index in [1.54, 1.807) is 0 Å². The van der Waals surface area contributed by atoms with Gasteiger partial charge in [0.25, 0.3) is 6.43 Å². The zero-order chi connectivity index (χ0) is 12.5. The predicted molar refractivity (Wildman–Crippen MR) is 45.1 cm³/mol. The van der Waals surface area contributed by atoms with Gasteiger partial charge in [0, 0.05) is 6.20 Å². The summed E-state index contributed by atoms with van der Waals surface area (Å²) in [6.07, 6.45) is -8.12. The fourth-order valence-electron chi connectivity index (χ4n) is 1.09. The molecule has 0 aromatic carbocycles. The van der Waals surface area contributed by atoms with Crippen LogP contribution in [0.2, 0.25) is 5.02 Å². The van der Waals surface area contributed by atoms with Gasteiger partial charge in [-0.25, -0.2) is 8.78 Å². The SMILES string of the molecule is OCc1ncc(C(F)(F)F)c(C(F)F)c1Cl. The van der Waals surface area contributed by atoms with Crippen molar-refractivity contribution in [1.29, 1.82) is 0 Å². The fraction of sp³-hybridized carbons (Fsp3) is 0.375. The van der Waals surface area contributed by atoms with E-state index in [1.165, 1.54) is 0 Å². The molecular weight excluding hydrogens is 257 g/mol. The number of aliphatic hydroxyl groups excluding tert-OH is 1. The van der Waals surface area contributed by atoms with E-state index in [2.05, 4.69) is 4.98 Å². The monoisotopic (exact) mass is 261 g/mol. The summed E-state index contributed by atoms with van der Waals surface area (Å²) in [7, 11) is 0. The summed E-state index contributed by atoms with van der Waals surface area (Å²) in [6.45, 7) is -0.809. The molecule has 0 bridgehead atoms. The Bertz CT molecular complexity index is 393. The van der Waals surface area contributed by atoms with Crippen LogP contribution in [0.5, 0.6) is 0 Å². The number of alkyl halides is 5. The lowest BCUT2D eigenvalue weighted by Crippen LogP contribution is -2.12. The van der Waals surface area contributed by atoms with Crippen LogP contribution in [0.1, 0.15) is 23.2 Å². The molecule has 90 valence electrons. The van der Waals surface area contributed by atoms with Gasteiger partial charge in [-0.3, -0.25) is 4.98 Å². The Hall–Kier alpha value is -0.950. The van der Waals surface area contributed by atoms with Crippen LogP contribution in [0.25, 0.3) is 0 Å². The lowest BCUT2D eigenvalue weighted by Gasteiger charge is -2.14. The molecule has 0 saturated carbocycles. The van der Waals surface area contributed by atoms with Gasteiger partial charge in [-0.1, -0.05) is 11.6 Å². The second-order valence-electron chi connectivity index (χ2n) is 2.80. The Morgan fingerprint density at radius 2 is 1.94 bits per heavy atom. The molecule has 1 aromatic rings. The van der Waals surface area contributed by atoms with Gasteiger partial charge in [0.15, 0.2) is 0 Å². The second-order valence-corrected chi connectivity index (χ2v) is 3.18. The number of aromatic nitrogens is 1. The van der Waals surface area contributed by atoms with E-state index < -0.39 is 41.1 Å². The van der Waals surface area contributed by atoms with Crippen molar-refractivity contribution in [3.8, 4) is 0 Å². The third-order valence-corrected chi connectivity index (χ3v) is 2.22. The van der Waals surface area contributed by atoms with E-state index in [0.717, 1.165) is 0 Å². The molecule has 0 aliphatic rings. The first-order chi connectivity index (χ1) is 7.29. The van der Waals surface area contributed by atoms with Gasteiger partial charge >= 0.3 is 6.18 Å². The average molecular weight is 262 g/mol. The highest BCUT2D eigenvalue weighted by Gasteiger charge is 2.38. The van der Waals surface area contributed by atoms with E-state index in [4.69, 9.17) is 16.7 Å². The Morgan fingerprint density at radius 1 is 1.38 bits per heavy atom. The Labute approximate surface area is 91.7 Å². The maximum atomic E-state index is 12.4. The molecule has 8 heteroatoms. The van der Waals surface area contributed by atoms with Gasteiger partial charge in [0.05, 0.1) is 28.5 Å². The molecule has 0 unspecified atom stereocenters. The molecule has 0 amide bonds. The maximum Gasteiger partial charge on any atom is 0.418 e. The van der Waals surface area contributed by atoms with Gasteiger partial charge in [-0.2, -0.15) is 13.2 Å². The van der Waals surface area contributed by atoms with Crippen molar-refractivity contribution in [2.45, 2.75) is 19.2 Å².